The maximum atomic E-state index is 12.9. The number of rotatable bonds is 1. The lowest BCUT2D eigenvalue weighted by molar-refractivity contribution is 0.174. The zero-order valence-corrected chi connectivity index (χ0v) is 16.9. The molecule has 148 valence electrons. The van der Waals surface area contributed by atoms with Gasteiger partial charge in [0.25, 0.3) is 0 Å². The molecule has 1 aromatic heterocycles. The van der Waals surface area contributed by atoms with Gasteiger partial charge in [-0.25, -0.2) is 4.79 Å². The summed E-state index contributed by atoms with van der Waals surface area (Å²) in [5.41, 5.74) is 6.68. The third kappa shape index (κ3) is 2.97. The first-order valence-corrected chi connectivity index (χ1v) is 10.2. The number of fused-ring (bicyclic) bond motifs is 4. The number of likely N-dealkylation sites (tertiary alicyclic amines) is 1. The van der Waals surface area contributed by atoms with Crippen LogP contribution in [0.3, 0.4) is 0 Å². The van der Waals surface area contributed by atoms with Crippen molar-refractivity contribution >= 4 is 17.4 Å². The molecule has 3 heterocycles. The molecule has 0 unspecified atom stereocenters. The normalized spacial score (nSPS) is 16.7. The average molecular weight is 386 g/mol. The predicted octanol–water partition coefficient (Wildman–Crippen LogP) is 5.04. The lowest BCUT2D eigenvalue weighted by Gasteiger charge is -2.46. The van der Waals surface area contributed by atoms with Crippen molar-refractivity contribution in [2.24, 2.45) is 0 Å². The van der Waals surface area contributed by atoms with Crippen molar-refractivity contribution in [2.45, 2.75) is 32.2 Å². The van der Waals surface area contributed by atoms with Crippen molar-refractivity contribution in [2.75, 3.05) is 23.7 Å². The van der Waals surface area contributed by atoms with Gasteiger partial charge in [-0.3, -0.25) is 0 Å². The summed E-state index contributed by atoms with van der Waals surface area (Å²) in [4.78, 5) is 14.8. The molecule has 0 aliphatic carbocycles. The summed E-state index contributed by atoms with van der Waals surface area (Å²) in [6, 6.07) is 18.8. The van der Waals surface area contributed by atoms with Gasteiger partial charge in [0, 0.05) is 30.7 Å². The van der Waals surface area contributed by atoms with Crippen LogP contribution in [0, 0.1) is 13.8 Å². The molecule has 29 heavy (non-hydrogen) atoms. The van der Waals surface area contributed by atoms with E-state index in [9.17, 15) is 4.79 Å². The highest BCUT2D eigenvalue weighted by molar-refractivity contribution is 5.90. The summed E-state index contributed by atoms with van der Waals surface area (Å²) in [6.07, 6.45) is 3.90. The summed E-state index contributed by atoms with van der Waals surface area (Å²) < 4.78 is 2.29. The number of para-hydroxylation sites is 2. The number of aryl methyl sites for hydroxylation is 2. The number of hydrogen-bond donors (Lipinski definition) is 2. The number of carbonyl (C=O) groups excluding carboxylic acids is 1. The van der Waals surface area contributed by atoms with Gasteiger partial charge in [0.2, 0.25) is 0 Å². The Labute approximate surface area is 171 Å². The molecule has 5 nitrogen and oxygen atoms in total. The Morgan fingerprint density at radius 2 is 1.83 bits per heavy atom. The van der Waals surface area contributed by atoms with E-state index in [4.69, 9.17) is 0 Å². The number of hydrogen-bond acceptors (Lipinski definition) is 2. The number of nitrogens with zero attached hydrogens (tertiary/aromatic N) is 2. The van der Waals surface area contributed by atoms with Gasteiger partial charge in [0.15, 0.2) is 0 Å². The summed E-state index contributed by atoms with van der Waals surface area (Å²) >= 11 is 0. The van der Waals surface area contributed by atoms with Crippen molar-refractivity contribution in [3.05, 3.63) is 77.6 Å². The van der Waals surface area contributed by atoms with Gasteiger partial charge in [0.1, 0.15) is 0 Å². The van der Waals surface area contributed by atoms with Crippen molar-refractivity contribution in [3.63, 3.8) is 0 Å². The fourth-order valence-electron chi connectivity index (χ4n) is 4.71. The number of urea groups is 1. The molecule has 0 radical (unpaired) electrons. The fourth-order valence-corrected chi connectivity index (χ4v) is 4.71. The van der Waals surface area contributed by atoms with Crippen molar-refractivity contribution in [1.82, 2.24) is 9.47 Å². The monoisotopic (exact) mass is 386 g/mol. The number of anilines is 2. The number of carbonyl (C=O) groups is 1. The Bertz CT molecular complexity index is 1080. The van der Waals surface area contributed by atoms with Crippen LogP contribution in [0.1, 0.15) is 29.7 Å². The maximum absolute atomic E-state index is 12.9. The molecule has 2 aliphatic heterocycles. The van der Waals surface area contributed by atoms with Crippen LogP contribution < -0.4 is 10.6 Å². The SMILES string of the molecule is Cc1ccc(NC(=O)N2CCC3(CC2)Nc2ccccc2-n2cccc23)c(C)c1. The first-order valence-electron chi connectivity index (χ1n) is 10.2. The van der Waals surface area contributed by atoms with E-state index in [1.807, 2.05) is 24.0 Å². The third-order valence-corrected chi connectivity index (χ3v) is 6.30. The lowest BCUT2D eigenvalue weighted by Crippen LogP contribution is -2.51. The highest BCUT2D eigenvalue weighted by Gasteiger charge is 2.42. The Morgan fingerprint density at radius 1 is 1.03 bits per heavy atom. The van der Waals surface area contributed by atoms with Crippen LogP contribution in [0.25, 0.3) is 5.69 Å². The zero-order valence-electron chi connectivity index (χ0n) is 16.9. The molecule has 2 amide bonds. The summed E-state index contributed by atoms with van der Waals surface area (Å²) in [5, 5.41) is 6.89. The largest absolute Gasteiger partial charge is 0.372 e. The van der Waals surface area contributed by atoms with Crippen molar-refractivity contribution in [3.8, 4) is 5.69 Å². The predicted molar refractivity (Wildman–Crippen MR) is 117 cm³/mol. The number of benzene rings is 2. The quantitative estimate of drug-likeness (QED) is 0.615. The smallest absolute Gasteiger partial charge is 0.321 e. The van der Waals surface area contributed by atoms with E-state index in [-0.39, 0.29) is 11.6 Å². The molecular formula is C24H26N4O. The third-order valence-electron chi connectivity index (χ3n) is 6.30. The van der Waals surface area contributed by atoms with Crippen LogP contribution >= 0.6 is 0 Å². The van der Waals surface area contributed by atoms with Crippen LogP contribution in [0.4, 0.5) is 16.2 Å². The first kappa shape index (κ1) is 17.9. The van der Waals surface area contributed by atoms with E-state index >= 15 is 0 Å². The topological polar surface area (TPSA) is 49.3 Å². The molecule has 1 spiro atoms. The van der Waals surface area contributed by atoms with Crippen molar-refractivity contribution < 1.29 is 4.79 Å². The van der Waals surface area contributed by atoms with Crippen LogP contribution in [0.15, 0.2) is 60.8 Å². The Balaban J connectivity index is 1.34. The molecule has 0 bridgehead atoms. The molecule has 2 aromatic carbocycles. The second-order valence-electron chi connectivity index (χ2n) is 8.22. The highest BCUT2D eigenvalue weighted by Crippen LogP contribution is 2.43. The van der Waals surface area contributed by atoms with Gasteiger partial charge in [-0.2, -0.15) is 0 Å². The minimum Gasteiger partial charge on any atom is -0.372 e. The Hall–Kier alpha value is -3.21. The molecule has 0 atom stereocenters. The van der Waals surface area contributed by atoms with Gasteiger partial charge in [-0.1, -0.05) is 29.8 Å². The van der Waals surface area contributed by atoms with Crippen LogP contribution in [0.2, 0.25) is 0 Å². The number of amides is 2. The standard InChI is InChI=1S/C24H26N4O/c1-17-9-10-19(18(2)16-17)25-23(29)27-14-11-24(12-15-27)22-8-5-13-28(22)21-7-4-3-6-20(21)26-24/h3-10,13,16,26H,11-12,14-15H2,1-2H3,(H,25,29). The summed E-state index contributed by atoms with van der Waals surface area (Å²) in [6.45, 7) is 5.54. The minimum atomic E-state index is -0.131. The summed E-state index contributed by atoms with van der Waals surface area (Å²) in [7, 11) is 0. The van der Waals surface area contributed by atoms with Gasteiger partial charge >= 0.3 is 6.03 Å². The van der Waals surface area contributed by atoms with Gasteiger partial charge < -0.3 is 20.1 Å². The molecule has 2 N–H and O–H groups in total. The van der Waals surface area contributed by atoms with Gasteiger partial charge in [0.05, 0.1) is 16.9 Å². The lowest BCUT2D eigenvalue weighted by atomic mass is 9.82. The molecule has 3 aromatic rings. The Kier molecular flexibility index (Phi) is 4.12. The minimum absolute atomic E-state index is 0.0154. The fraction of sp³-hybridized carbons (Fsp3) is 0.292. The molecule has 2 aliphatic rings. The van der Waals surface area contributed by atoms with Crippen LogP contribution in [-0.2, 0) is 5.54 Å². The molecule has 5 rings (SSSR count). The van der Waals surface area contributed by atoms with E-state index in [1.54, 1.807) is 0 Å². The molecule has 1 saturated heterocycles. The van der Waals surface area contributed by atoms with Gasteiger partial charge in [-0.15, -0.1) is 0 Å². The molecule has 5 heteroatoms. The van der Waals surface area contributed by atoms with Crippen LogP contribution in [0.5, 0.6) is 0 Å². The average Bonchev–Trinajstić information content (AvgIpc) is 3.22. The summed E-state index contributed by atoms with van der Waals surface area (Å²) in [5.74, 6) is 0. The van der Waals surface area contributed by atoms with E-state index in [1.165, 1.54) is 16.9 Å². The number of piperidine rings is 1. The van der Waals surface area contributed by atoms with Gasteiger partial charge in [-0.05, 0) is 62.6 Å². The molecular weight excluding hydrogens is 360 g/mol. The Morgan fingerprint density at radius 3 is 2.62 bits per heavy atom. The maximum Gasteiger partial charge on any atom is 0.321 e. The molecule has 1 fully saturated rings. The zero-order chi connectivity index (χ0) is 20.0. The van der Waals surface area contributed by atoms with E-state index in [0.29, 0.717) is 0 Å². The highest BCUT2D eigenvalue weighted by atomic mass is 16.2. The van der Waals surface area contributed by atoms with E-state index in [2.05, 4.69) is 70.8 Å². The second kappa shape index (κ2) is 6.69. The molecule has 0 saturated carbocycles. The number of nitrogens with one attached hydrogen (secondary N) is 2. The first-order chi connectivity index (χ1) is 14.1. The number of aromatic nitrogens is 1. The van der Waals surface area contributed by atoms with Crippen molar-refractivity contribution in [1.29, 1.82) is 0 Å². The van der Waals surface area contributed by atoms with Crippen LogP contribution in [-0.4, -0.2) is 28.6 Å². The second-order valence-corrected chi connectivity index (χ2v) is 8.22. The van der Waals surface area contributed by atoms with E-state index in [0.717, 1.165) is 42.9 Å². The van der Waals surface area contributed by atoms with E-state index < -0.39 is 0 Å².